The van der Waals surface area contributed by atoms with Crippen LogP contribution in [0.25, 0.3) is 16.8 Å². The quantitative estimate of drug-likeness (QED) is 0.140. The Balaban J connectivity index is 1.28. The largest absolute Gasteiger partial charge is 0.497 e. The molecule has 5 aromatic carbocycles. The number of ether oxygens (including phenoxy) is 3. The van der Waals surface area contributed by atoms with Gasteiger partial charge in [-0.05, 0) is 71.3 Å². The molecule has 0 bridgehead atoms. The lowest BCUT2D eigenvalue weighted by Crippen LogP contribution is -2.13. The van der Waals surface area contributed by atoms with Crippen LogP contribution in [-0.2, 0) is 18.0 Å². The lowest BCUT2D eigenvalue weighted by atomic mass is 10.1. The molecule has 5 rings (SSSR count). The van der Waals surface area contributed by atoms with Gasteiger partial charge in [0.25, 0.3) is 5.91 Å². The van der Waals surface area contributed by atoms with Gasteiger partial charge in [-0.2, -0.15) is 5.26 Å². The van der Waals surface area contributed by atoms with Crippen molar-refractivity contribution in [2.75, 3.05) is 12.4 Å². The second kappa shape index (κ2) is 13.2. The van der Waals surface area contributed by atoms with Gasteiger partial charge in [0.05, 0.1) is 7.11 Å². The monoisotopic (exact) mass is 554 g/mol. The van der Waals surface area contributed by atoms with Gasteiger partial charge in [-0.15, -0.1) is 0 Å². The third-order valence-corrected chi connectivity index (χ3v) is 6.79. The first kappa shape index (κ1) is 28.0. The predicted molar refractivity (Wildman–Crippen MR) is 165 cm³/mol. The number of amides is 1. The van der Waals surface area contributed by atoms with Crippen LogP contribution in [0.3, 0.4) is 0 Å². The number of rotatable bonds is 10. The summed E-state index contributed by atoms with van der Waals surface area (Å²) in [5.41, 5.74) is 4.36. The molecule has 42 heavy (non-hydrogen) atoms. The smallest absolute Gasteiger partial charge is 0.266 e. The molecule has 1 amide bonds. The number of nitriles is 1. The summed E-state index contributed by atoms with van der Waals surface area (Å²) in [5, 5.41) is 14.8. The van der Waals surface area contributed by atoms with Crippen molar-refractivity contribution < 1.29 is 19.0 Å². The van der Waals surface area contributed by atoms with Crippen LogP contribution in [0, 0.1) is 18.3 Å². The summed E-state index contributed by atoms with van der Waals surface area (Å²) in [4.78, 5) is 13.0. The fourth-order valence-electron chi connectivity index (χ4n) is 4.45. The van der Waals surface area contributed by atoms with Gasteiger partial charge in [-0.25, -0.2) is 0 Å². The molecular formula is C36H30N2O4. The van der Waals surface area contributed by atoms with E-state index in [4.69, 9.17) is 14.2 Å². The first-order valence-electron chi connectivity index (χ1n) is 13.5. The summed E-state index contributed by atoms with van der Waals surface area (Å²) in [6, 6.07) is 36.7. The van der Waals surface area contributed by atoms with E-state index in [-0.39, 0.29) is 5.57 Å². The third kappa shape index (κ3) is 6.96. The number of methoxy groups -OCH3 is 1. The molecule has 0 unspecified atom stereocenters. The van der Waals surface area contributed by atoms with Crippen LogP contribution in [-0.4, -0.2) is 13.0 Å². The van der Waals surface area contributed by atoms with Gasteiger partial charge < -0.3 is 19.5 Å². The fourth-order valence-corrected chi connectivity index (χ4v) is 4.45. The van der Waals surface area contributed by atoms with Crippen molar-refractivity contribution in [3.05, 3.63) is 137 Å². The highest BCUT2D eigenvalue weighted by molar-refractivity contribution is 6.09. The van der Waals surface area contributed by atoms with E-state index >= 15 is 0 Å². The summed E-state index contributed by atoms with van der Waals surface area (Å²) in [6.45, 7) is 2.80. The van der Waals surface area contributed by atoms with E-state index in [1.54, 1.807) is 49.6 Å². The number of aryl methyl sites for hydroxylation is 1. The zero-order valence-electron chi connectivity index (χ0n) is 23.5. The van der Waals surface area contributed by atoms with Crippen molar-refractivity contribution in [3.8, 4) is 23.3 Å². The van der Waals surface area contributed by atoms with Gasteiger partial charge in [-0.1, -0.05) is 72.3 Å². The van der Waals surface area contributed by atoms with Crippen molar-refractivity contribution in [2.24, 2.45) is 0 Å². The maximum absolute atomic E-state index is 13.0. The lowest BCUT2D eigenvalue weighted by Gasteiger charge is -2.13. The normalized spacial score (nSPS) is 11.0. The standard InChI is InChI=1S/C36H30N2O4/c1-25-10-12-26(13-11-25)23-41-32-18-15-31(16-19-32)38-36(39)30(22-37)20-28-14-17-33(40-2)21-35(28)42-24-29-8-5-7-27-6-3-4-9-34(27)29/h3-21H,23-24H2,1-2H3,(H,38,39)/b30-20+. The molecule has 0 aliphatic rings. The molecule has 208 valence electrons. The highest BCUT2D eigenvalue weighted by atomic mass is 16.5. The van der Waals surface area contributed by atoms with E-state index in [2.05, 4.69) is 23.5 Å². The Morgan fingerprint density at radius 2 is 1.57 bits per heavy atom. The average molecular weight is 555 g/mol. The highest BCUT2D eigenvalue weighted by Gasteiger charge is 2.13. The summed E-state index contributed by atoms with van der Waals surface area (Å²) < 4.78 is 17.5. The predicted octanol–water partition coefficient (Wildman–Crippen LogP) is 7.86. The maximum Gasteiger partial charge on any atom is 0.266 e. The van der Waals surface area contributed by atoms with Crippen LogP contribution in [0.1, 0.15) is 22.3 Å². The van der Waals surface area contributed by atoms with Gasteiger partial charge in [0.1, 0.15) is 42.1 Å². The Bertz CT molecular complexity index is 1760. The number of hydrogen-bond donors (Lipinski definition) is 1. The van der Waals surface area contributed by atoms with E-state index in [0.29, 0.717) is 41.7 Å². The van der Waals surface area contributed by atoms with Crippen LogP contribution in [0.2, 0.25) is 0 Å². The number of carbonyl (C=O) groups excluding carboxylic acids is 1. The zero-order valence-corrected chi connectivity index (χ0v) is 23.5. The summed E-state index contributed by atoms with van der Waals surface area (Å²) in [5.74, 6) is 1.25. The van der Waals surface area contributed by atoms with Gasteiger partial charge >= 0.3 is 0 Å². The number of anilines is 1. The topological polar surface area (TPSA) is 80.6 Å². The molecule has 0 spiro atoms. The number of hydrogen-bond acceptors (Lipinski definition) is 5. The molecule has 1 N–H and O–H groups in total. The number of fused-ring (bicyclic) bond motifs is 1. The minimum Gasteiger partial charge on any atom is -0.497 e. The highest BCUT2D eigenvalue weighted by Crippen LogP contribution is 2.29. The SMILES string of the molecule is COc1ccc(/C=C(\C#N)C(=O)Nc2ccc(OCc3ccc(C)cc3)cc2)c(OCc2cccc3ccccc23)c1. The van der Waals surface area contributed by atoms with Crippen molar-refractivity contribution in [3.63, 3.8) is 0 Å². The van der Waals surface area contributed by atoms with Crippen LogP contribution >= 0.6 is 0 Å². The number of nitrogens with one attached hydrogen (secondary N) is 1. The van der Waals surface area contributed by atoms with Crippen LogP contribution < -0.4 is 19.5 Å². The Morgan fingerprint density at radius 3 is 2.33 bits per heavy atom. The van der Waals surface area contributed by atoms with Crippen LogP contribution in [0.4, 0.5) is 5.69 Å². The first-order chi connectivity index (χ1) is 20.5. The minimum atomic E-state index is -0.526. The summed E-state index contributed by atoms with van der Waals surface area (Å²) >= 11 is 0. The molecule has 0 radical (unpaired) electrons. The molecule has 0 atom stereocenters. The van der Waals surface area contributed by atoms with Gasteiger partial charge in [0.2, 0.25) is 0 Å². The Hall–Kier alpha value is -5.54. The van der Waals surface area contributed by atoms with Crippen molar-refractivity contribution in [1.82, 2.24) is 0 Å². The molecule has 5 aromatic rings. The zero-order chi connectivity index (χ0) is 29.3. The molecular weight excluding hydrogens is 524 g/mol. The van der Waals surface area contributed by atoms with Crippen LogP contribution in [0.15, 0.2) is 115 Å². The van der Waals surface area contributed by atoms with E-state index < -0.39 is 5.91 Å². The molecule has 0 aromatic heterocycles. The second-order valence-electron chi connectivity index (χ2n) is 9.75. The van der Waals surface area contributed by atoms with E-state index in [0.717, 1.165) is 21.9 Å². The first-order valence-corrected chi connectivity index (χ1v) is 13.5. The minimum absolute atomic E-state index is 0.0603. The van der Waals surface area contributed by atoms with E-state index in [1.807, 2.05) is 61.5 Å². The van der Waals surface area contributed by atoms with Crippen molar-refractivity contribution in [1.29, 1.82) is 5.26 Å². The Labute approximate surface area is 245 Å². The second-order valence-corrected chi connectivity index (χ2v) is 9.75. The molecule has 0 aliphatic carbocycles. The summed E-state index contributed by atoms with van der Waals surface area (Å²) in [7, 11) is 1.58. The molecule has 6 nitrogen and oxygen atoms in total. The van der Waals surface area contributed by atoms with Gasteiger partial charge in [-0.3, -0.25) is 4.79 Å². The van der Waals surface area contributed by atoms with Crippen molar-refractivity contribution in [2.45, 2.75) is 20.1 Å². The number of nitrogens with zero attached hydrogens (tertiary/aromatic N) is 1. The maximum atomic E-state index is 13.0. The molecule has 0 saturated carbocycles. The van der Waals surface area contributed by atoms with E-state index in [1.165, 1.54) is 11.6 Å². The molecule has 0 fully saturated rings. The van der Waals surface area contributed by atoms with Gasteiger partial charge in [0, 0.05) is 17.3 Å². The molecule has 6 heteroatoms. The molecule has 0 saturated heterocycles. The fraction of sp³-hybridized carbons (Fsp3) is 0.111. The Kier molecular flexibility index (Phi) is 8.81. The lowest BCUT2D eigenvalue weighted by molar-refractivity contribution is -0.112. The molecule has 0 aliphatic heterocycles. The number of carbonyl (C=O) groups is 1. The van der Waals surface area contributed by atoms with Crippen LogP contribution in [0.5, 0.6) is 17.2 Å². The number of benzene rings is 5. The third-order valence-electron chi connectivity index (χ3n) is 6.79. The van der Waals surface area contributed by atoms with Crippen molar-refractivity contribution >= 4 is 28.4 Å². The Morgan fingerprint density at radius 1 is 0.833 bits per heavy atom. The average Bonchev–Trinajstić information content (AvgIpc) is 3.03. The molecule has 0 heterocycles. The van der Waals surface area contributed by atoms with Gasteiger partial charge in [0.15, 0.2) is 0 Å². The van der Waals surface area contributed by atoms with E-state index in [9.17, 15) is 10.1 Å². The summed E-state index contributed by atoms with van der Waals surface area (Å²) in [6.07, 6.45) is 1.52.